The maximum absolute atomic E-state index is 9.14. The molecule has 0 radical (unpaired) electrons. The molecule has 15 heavy (non-hydrogen) atoms. The van der Waals surface area contributed by atoms with E-state index in [2.05, 4.69) is 0 Å². The minimum atomic E-state index is -0.244. The fourth-order valence-corrected chi connectivity index (χ4v) is 1.68. The molecule has 0 aliphatic rings. The van der Waals surface area contributed by atoms with Gasteiger partial charge in [-0.3, -0.25) is 0 Å². The Bertz CT molecular complexity index is 429. The van der Waals surface area contributed by atoms with Crippen molar-refractivity contribution in [2.75, 3.05) is 0 Å². The molecule has 2 nitrogen and oxygen atoms in total. The first-order chi connectivity index (χ1) is 7.40. The minimum Gasteiger partial charge on any atom is -0.457 e. The molecule has 76 valence electrons. The highest BCUT2D eigenvalue weighted by Gasteiger charge is 2.02. The van der Waals surface area contributed by atoms with Gasteiger partial charge in [0.05, 0.1) is 0 Å². The van der Waals surface area contributed by atoms with E-state index in [-0.39, 0.29) is 8.81 Å². The fraction of sp³-hybridized carbons (Fsp3) is 0. The Labute approximate surface area is 90.4 Å². The Kier molecular flexibility index (Phi) is 3.33. The highest BCUT2D eigenvalue weighted by molar-refractivity contribution is 7.41. The predicted octanol–water partition coefficient (Wildman–Crippen LogP) is 2.69. The summed E-state index contributed by atoms with van der Waals surface area (Å²) >= 11 is 0. The van der Waals surface area contributed by atoms with Crippen LogP contribution in [-0.2, 0) is 0 Å². The van der Waals surface area contributed by atoms with Crippen LogP contribution in [0.25, 0.3) is 0 Å². The number of hydrogen-bond donors (Lipinski definition) is 1. The third-order valence-corrected chi connectivity index (χ3v) is 2.63. The SMILES string of the molecule is OPc1ccccc1Oc1ccccc1. The van der Waals surface area contributed by atoms with E-state index in [4.69, 9.17) is 9.63 Å². The zero-order valence-corrected chi connectivity index (χ0v) is 9.05. The molecule has 0 fully saturated rings. The molecule has 2 rings (SSSR count). The fourth-order valence-electron chi connectivity index (χ4n) is 1.26. The van der Waals surface area contributed by atoms with Crippen LogP contribution in [-0.4, -0.2) is 4.89 Å². The van der Waals surface area contributed by atoms with Crippen LogP contribution >= 0.6 is 8.81 Å². The van der Waals surface area contributed by atoms with Crippen molar-refractivity contribution >= 4 is 14.1 Å². The Hall–Kier alpha value is -1.37. The van der Waals surface area contributed by atoms with Crippen molar-refractivity contribution in [1.29, 1.82) is 0 Å². The first-order valence-corrected chi connectivity index (χ1v) is 5.57. The number of para-hydroxylation sites is 2. The second-order valence-corrected chi connectivity index (χ2v) is 3.79. The maximum atomic E-state index is 9.14. The lowest BCUT2D eigenvalue weighted by Crippen LogP contribution is -1.99. The average Bonchev–Trinajstić information content (AvgIpc) is 2.31. The van der Waals surface area contributed by atoms with E-state index in [0.717, 1.165) is 11.1 Å². The van der Waals surface area contributed by atoms with Crippen molar-refractivity contribution in [1.82, 2.24) is 0 Å². The first kappa shape index (κ1) is 10.2. The van der Waals surface area contributed by atoms with E-state index < -0.39 is 0 Å². The quantitative estimate of drug-likeness (QED) is 0.802. The molecule has 1 atom stereocenters. The van der Waals surface area contributed by atoms with E-state index in [0.29, 0.717) is 5.75 Å². The molecule has 0 heterocycles. The van der Waals surface area contributed by atoms with Gasteiger partial charge < -0.3 is 9.63 Å². The average molecular weight is 218 g/mol. The van der Waals surface area contributed by atoms with Gasteiger partial charge in [-0.05, 0) is 24.3 Å². The monoisotopic (exact) mass is 218 g/mol. The molecule has 0 saturated carbocycles. The standard InChI is InChI=1S/C12H11O2P/c13-15-12-9-5-4-8-11(12)14-10-6-2-1-3-7-10/h1-9,13,15H. The summed E-state index contributed by atoms with van der Waals surface area (Å²) in [5, 5.41) is 0.821. The van der Waals surface area contributed by atoms with Gasteiger partial charge in [-0.2, -0.15) is 0 Å². The van der Waals surface area contributed by atoms with Crippen LogP contribution in [0.5, 0.6) is 11.5 Å². The summed E-state index contributed by atoms with van der Waals surface area (Å²) in [7, 11) is -0.244. The summed E-state index contributed by atoms with van der Waals surface area (Å²) in [5.41, 5.74) is 0. The highest BCUT2D eigenvalue weighted by atomic mass is 31.1. The molecule has 1 unspecified atom stereocenters. The Morgan fingerprint density at radius 3 is 2.27 bits per heavy atom. The van der Waals surface area contributed by atoms with Crippen LogP contribution in [0.4, 0.5) is 0 Å². The molecule has 0 amide bonds. The normalized spacial score (nSPS) is 10.7. The van der Waals surface area contributed by atoms with Gasteiger partial charge in [-0.25, -0.2) is 0 Å². The minimum absolute atomic E-state index is 0.244. The van der Waals surface area contributed by atoms with Gasteiger partial charge in [-0.15, -0.1) is 0 Å². The number of rotatable bonds is 3. The lowest BCUT2D eigenvalue weighted by molar-refractivity contribution is 0.486. The van der Waals surface area contributed by atoms with Crippen LogP contribution in [0.15, 0.2) is 54.6 Å². The van der Waals surface area contributed by atoms with Gasteiger partial charge in [0.2, 0.25) is 0 Å². The summed E-state index contributed by atoms with van der Waals surface area (Å²) < 4.78 is 5.65. The summed E-state index contributed by atoms with van der Waals surface area (Å²) in [6.45, 7) is 0. The Morgan fingerprint density at radius 2 is 1.53 bits per heavy atom. The third-order valence-electron chi connectivity index (χ3n) is 1.98. The van der Waals surface area contributed by atoms with Crippen molar-refractivity contribution in [3.63, 3.8) is 0 Å². The summed E-state index contributed by atoms with van der Waals surface area (Å²) in [5.74, 6) is 1.49. The zero-order valence-electron chi connectivity index (χ0n) is 8.05. The highest BCUT2D eigenvalue weighted by Crippen LogP contribution is 2.22. The van der Waals surface area contributed by atoms with Crippen molar-refractivity contribution in [3.05, 3.63) is 54.6 Å². The van der Waals surface area contributed by atoms with Crippen molar-refractivity contribution < 1.29 is 9.63 Å². The number of hydrogen-bond acceptors (Lipinski definition) is 2. The van der Waals surface area contributed by atoms with Crippen LogP contribution in [0.3, 0.4) is 0 Å². The Balaban J connectivity index is 2.24. The summed E-state index contributed by atoms with van der Waals surface area (Å²) in [4.78, 5) is 9.14. The van der Waals surface area contributed by atoms with E-state index in [1.165, 1.54) is 0 Å². The van der Waals surface area contributed by atoms with Gasteiger partial charge in [-0.1, -0.05) is 30.3 Å². The number of benzene rings is 2. The van der Waals surface area contributed by atoms with E-state index in [1.807, 2.05) is 54.6 Å². The van der Waals surface area contributed by atoms with Crippen molar-refractivity contribution in [3.8, 4) is 11.5 Å². The third kappa shape index (κ3) is 2.56. The van der Waals surface area contributed by atoms with Crippen molar-refractivity contribution in [2.45, 2.75) is 0 Å². The van der Waals surface area contributed by atoms with Gasteiger partial charge in [0.25, 0.3) is 0 Å². The first-order valence-electron chi connectivity index (χ1n) is 4.62. The molecule has 0 aliphatic heterocycles. The molecule has 1 N–H and O–H groups in total. The van der Waals surface area contributed by atoms with Gasteiger partial charge in [0.1, 0.15) is 11.5 Å². The molecule has 0 aromatic heterocycles. The molecule has 2 aromatic rings. The predicted molar refractivity (Wildman–Crippen MR) is 63.1 cm³/mol. The van der Waals surface area contributed by atoms with Crippen molar-refractivity contribution in [2.24, 2.45) is 0 Å². The lowest BCUT2D eigenvalue weighted by Gasteiger charge is -2.08. The van der Waals surface area contributed by atoms with Gasteiger partial charge in [0, 0.05) is 14.1 Å². The summed E-state index contributed by atoms with van der Waals surface area (Å²) in [6.07, 6.45) is 0. The maximum Gasteiger partial charge on any atom is 0.137 e. The molecule has 0 saturated heterocycles. The molecular weight excluding hydrogens is 207 g/mol. The smallest absolute Gasteiger partial charge is 0.137 e. The second-order valence-electron chi connectivity index (χ2n) is 3.02. The van der Waals surface area contributed by atoms with Crippen LogP contribution in [0, 0.1) is 0 Å². The van der Waals surface area contributed by atoms with E-state index in [9.17, 15) is 0 Å². The van der Waals surface area contributed by atoms with Crippen LogP contribution in [0.1, 0.15) is 0 Å². The lowest BCUT2D eigenvalue weighted by atomic mass is 10.3. The van der Waals surface area contributed by atoms with E-state index in [1.54, 1.807) is 0 Å². The van der Waals surface area contributed by atoms with Crippen LogP contribution in [0.2, 0.25) is 0 Å². The molecule has 2 aromatic carbocycles. The topological polar surface area (TPSA) is 29.5 Å². The summed E-state index contributed by atoms with van der Waals surface area (Å²) in [6, 6.07) is 17.0. The molecule has 0 spiro atoms. The molecule has 0 bridgehead atoms. The number of ether oxygens (including phenoxy) is 1. The van der Waals surface area contributed by atoms with Gasteiger partial charge in [0.15, 0.2) is 0 Å². The Morgan fingerprint density at radius 1 is 0.867 bits per heavy atom. The van der Waals surface area contributed by atoms with Crippen LogP contribution < -0.4 is 10.0 Å². The van der Waals surface area contributed by atoms with E-state index >= 15 is 0 Å². The second kappa shape index (κ2) is 4.92. The molecular formula is C12H11O2P. The zero-order chi connectivity index (χ0) is 10.5. The van der Waals surface area contributed by atoms with Gasteiger partial charge >= 0.3 is 0 Å². The largest absolute Gasteiger partial charge is 0.457 e. The molecule has 3 heteroatoms. The molecule has 0 aliphatic carbocycles.